The van der Waals surface area contributed by atoms with Crippen molar-refractivity contribution in [2.75, 3.05) is 0 Å². The van der Waals surface area contributed by atoms with E-state index < -0.39 is 4.09 Å². The van der Waals surface area contributed by atoms with E-state index in [9.17, 15) is 0 Å². The van der Waals surface area contributed by atoms with Crippen LogP contribution in [0.2, 0.25) is 19.1 Å². The molecule has 7 heavy (non-hydrogen) atoms. The monoisotopic (exact) mass is 190 g/mol. The summed E-state index contributed by atoms with van der Waals surface area (Å²) in [6, 6.07) is 1.54. The van der Waals surface area contributed by atoms with Gasteiger partial charge in [0.15, 0.2) is 0 Å². The van der Waals surface area contributed by atoms with Crippen LogP contribution in [0.4, 0.5) is 0 Å². The van der Waals surface area contributed by atoms with E-state index in [0.717, 1.165) is 0 Å². The Labute approximate surface area is 66.1 Å². The summed E-state index contributed by atoms with van der Waals surface area (Å²) in [5, 5.41) is 0. The van der Waals surface area contributed by atoms with Crippen molar-refractivity contribution in [1.82, 2.24) is 0 Å². The van der Waals surface area contributed by atoms with Crippen LogP contribution in [-0.4, -0.2) is 4.09 Å². The molecule has 0 aliphatic rings. The molecule has 0 aliphatic heterocycles. The van der Waals surface area contributed by atoms with Crippen molar-refractivity contribution in [3.05, 3.63) is 0 Å². The van der Waals surface area contributed by atoms with Gasteiger partial charge in [0.1, 0.15) is 0 Å². The number of hydrogen-bond acceptors (Lipinski definition) is 0. The molecule has 0 N–H and O–H groups in total. The van der Waals surface area contributed by atoms with Crippen LogP contribution in [0, 0.1) is 0 Å². The summed E-state index contributed by atoms with van der Waals surface area (Å²) in [6.45, 7) is 7.22. The van der Waals surface area contributed by atoms with E-state index in [-0.39, 0.29) is 0 Å². The van der Waals surface area contributed by atoms with Crippen LogP contribution in [0.25, 0.3) is 0 Å². The van der Waals surface area contributed by atoms with Crippen molar-refractivity contribution in [2.24, 2.45) is 0 Å². The van der Waals surface area contributed by atoms with Gasteiger partial charge in [-0.25, -0.2) is 0 Å². The molecule has 0 aromatic heterocycles. The quantitative estimate of drug-likeness (QED) is 0.585. The Morgan fingerprint density at radius 2 is 1.86 bits per heavy atom. The number of rotatable bonds is 2. The first-order valence-electron chi connectivity index (χ1n) is 2.85. The van der Waals surface area contributed by atoms with Gasteiger partial charge in [-0.1, -0.05) is 0 Å². The number of hydrogen-bond donors (Lipinski definition) is 0. The van der Waals surface area contributed by atoms with E-state index in [0.29, 0.717) is 0 Å². The summed E-state index contributed by atoms with van der Waals surface area (Å²) >= 11 is 1.54. The molecule has 0 bridgehead atoms. The van der Waals surface area contributed by atoms with Crippen molar-refractivity contribution in [3.63, 3.8) is 0 Å². The van der Waals surface area contributed by atoms with E-state index >= 15 is 0 Å². The van der Waals surface area contributed by atoms with Gasteiger partial charge in [-0.05, 0) is 0 Å². The second-order valence-corrected chi connectivity index (χ2v) is 18.7. The van der Waals surface area contributed by atoms with Gasteiger partial charge >= 0.3 is 66.6 Å². The standard InChI is InChI=1S/C5H13Si.Y/c1-4-5-6(2)3;/h4-5H2,1-3H3;. The molecule has 0 nitrogen and oxygen atoms in total. The molecule has 0 aliphatic carbocycles. The van der Waals surface area contributed by atoms with E-state index in [2.05, 4.69) is 20.0 Å². The third-order valence-electron chi connectivity index (χ3n) is 0.894. The van der Waals surface area contributed by atoms with Gasteiger partial charge in [-0.3, -0.25) is 0 Å². The van der Waals surface area contributed by atoms with Crippen LogP contribution >= 0.6 is 0 Å². The summed E-state index contributed by atoms with van der Waals surface area (Å²) < 4.78 is -0.527. The summed E-state index contributed by atoms with van der Waals surface area (Å²) in [5.74, 6) is 0. The molecule has 40 valence electrons. The third-order valence-corrected chi connectivity index (χ3v) is 4.81. The van der Waals surface area contributed by atoms with Crippen molar-refractivity contribution >= 4 is 4.09 Å². The molecule has 0 aromatic rings. The SMILES string of the molecule is CCC[Si](C)(C)[Y]. The predicted molar refractivity (Wildman–Crippen MR) is 32.6 cm³/mol. The average Bonchev–Trinajstić information content (AvgIpc) is 1.30. The van der Waals surface area contributed by atoms with Gasteiger partial charge in [0, 0.05) is 0 Å². The molecule has 0 fully saturated rings. The summed E-state index contributed by atoms with van der Waals surface area (Å²) in [7, 11) is 0. The Morgan fingerprint density at radius 1 is 1.43 bits per heavy atom. The van der Waals surface area contributed by atoms with Crippen LogP contribution in [-0.2, 0) is 30.0 Å². The average molecular weight is 190 g/mol. The fraction of sp³-hybridized carbons (Fsp3) is 1.00. The van der Waals surface area contributed by atoms with Crippen LogP contribution in [0.5, 0.6) is 0 Å². The first kappa shape index (κ1) is 8.32. The fourth-order valence-corrected chi connectivity index (χ4v) is 4.06. The first-order chi connectivity index (χ1) is 3.06. The summed E-state index contributed by atoms with van der Waals surface area (Å²) in [5.41, 5.74) is 0. The van der Waals surface area contributed by atoms with E-state index in [1.54, 1.807) is 0 Å². The summed E-state index contributed by atoms with van der Waals surface area (Å²) in [4.78, 5) is 0. The molecule has 0 spiro atoms. The minimum absolute atomic E-state index is 0.527. The van der Waals surface area contributed by atoms with Crippen molar-refractivity contribution in [1.29, 1.82) is 0 Å². The van der Waals surface area contributed by atoms with E-state index in [1.165, 1.54) is 42.5 Å². The van der Waals surface area contributed by atoms with Crippen LogP contribution in [0.15, 0.2) is 0 Å². The molecular formula is C5H13SiY. The third kappa shape index (κ3) is 7.32. The van der Waals surface area contributed by atoms with Gasteiger partial charge in [0.25, 0.3) is 0 Å². The van der Waals surface area contributed by atoms with E-state index in [4.69, 9.17) is 0 Å². The zero-order valence-electron chi connectivity index (χ0n) is 5.49. The molecule has 0 atom stereocenters. The maximum atomic E-state index is 2.47. The molecule has 0 aromatic carbocycles. The van der Waals surface area contributed by atoms with Gasteiger partial charge < -0.3 is 0 Å². The Hall–Kier alpha value is 1.32. The molecule has 0 rings (SSSR count). The van der Waals surface area contributed by atoms with E-state index in [1.807, 2.05) is 0 Å². The van der Waals surface area contributed by atoms with Crippen LogP contribution in [0.3, 0.4) is 0 Å². The van der Waals surface area contributed by atoms with Crippen LogP contribution in [0.1, 0.15) is 13.3 Å². The molecule has 0 amide bonds. The molecule has 2 heteroatoms. The van der Waals surface area contributed by atoms with Gasteiger partial charge in [-0.2, -0.15) is 0 Å². The fourth-order valence-electron chi connectivity index (χ4n) is 0.644. The Balaban J connectivity index is 3.15. The van der Waals surface area contributed by atoms with Gasteiger partial charge in [0.2, 0.25) is 0 Å². The summed E-state index contributed by atoms with van der Waals surface area (Å²) in [6.07, 6.45) is 1.40. The van der Waals surface area contributed by atoms with Crippen molar-refractivity contribution in [3.8, 4) is 0 Å². The molecule has 0 unspecified atom stereocenters. The zero-order chi connectivity index (χ0) is 5.91. The van der Waals surface area contributed by atoms with Crippen LogP contribution < -0.4 is 0 Å². The first-order valence-corrected chi connectivity index (χ1v) is 10.4. The van der Waals surface area contributed by atoms with Crippen molar-refractivity contribution in [2.45, 2.75) is 32.5 Å². The molecule has 0 saturated carbocycles. The topological polar surface area (TPSA) is 0 Å². The molecular weight excluding hydrogens is 177 g/mol. The molecule has 0 heterocycles. The Morgan fingerprint density at radius 3 is 1.86 bits per heavy atom. The predicted octanol–water partition coefficient (Wildman–Crippen LogP) is 2.15. The van der Waals surface area contributed by atoms with Gasteiger partial charge in [0.05, 0.1) is 0 Å². The second-order valence-electron chi connectivity index (χ2n) is 2.74. The minimum atomic E-state index is -0.527. The second kappa shape index (κ2) is 3.37. The molecule has 0 saturated heterocycles. The van der Waals surface area contributed by atoms with Crippen molar-refractivity contribution < 1.29 is 30.0 Å². The Bertz CT molecular complexity index is 46.5. The molecule has 0 radical (unpaired) electrons. The maximum absolute atomic E-state index is 2.47. The Kier molecular flexibility index (Phi) is 4.00. The normalized spacial score (nSPS) is 11.7. The van der Waals surface area contributed by atoms with Gasteiger partial charge in [-0.15, -0.1) is 0 Å². The zero-order valence-corrected chi connectivity index (χ0v) is 9.33.